The Morgan fingerprint density at radius 1 is 1.18 bits per heavy atom. The minimum Gasteiger partial charge on any atom is -0.493 e. The second kappa shape index (κ2) is 8.37. The number of methoxy groups -OCH3 is 1. The minimum absolute atomic E-state index is 0.0782. The number of fused-ring (bicyclic) bond motifs is 1. The van der Waals surface area contributed by atoms with Crippen molar-refractivity contribution in [3.05, 3.63) is 35.9 Å². The molecule has 1 aromatic rings. The van der Waals surface area contributed by atoms with Crippen LogP contribution in [0.25, 0.3) is 0 Å². The number of nitrogens with one attached hydrogen (secondary N) is 1. The molecule has 0 radical (unpaired) electrons. The highest BCUT2D eigenvalue weighted by Crippen LogP contribution is 2.34. The van der Waals surface area contributed by atoms with E-state index in [2.05, 4.69) is 10.1 Å². The lowest BCUT2D eigenvalue weighted by atomic mass is 9.85. The lowest BCUT2D eigenvalue weighted by Gasteiger charge is -2.15. The Morgan fingerprint density at radius 3 is 2.39 bits per heavy atom. The number of hydrogen-bond acceptors (Lipinski definition) is 5. The van der Waals surface area contributed by atoms with Crippen LogP contribution in [0.15, 0.2) is 30.4 Å². The summed E-state index contributed by atoms with van der Waals surface area (Å²) in [6.07, 6.45) is 4.79. The number of nitrogens with zero attached hydrogens (tertiary/aromatic N) is 1. The molecule has 7 nitrogen and oxygen atoms in total. The van der Waals surface area contributed by atoms with E-state index in [4.69, 9.17) is 4.74 Å². The van der Waals surface area contributed by atoms with Crippen LogP contribution >= 0.6 is 0 Å². The predicted molar refractivity (Wildman–Crippen MR) is 93.5 cm³/mol. The Balaban J connectivity index is 1.57. The summed E-state index contributed by atoms with van der Waals surface area (Å²) >= 11 is 0. The maximum Gasteiger partial charge on any atom is 0.387 e. The number of imide groups is 1. The van der Waals surface area contributed by atoms with Gasteiger partial charge in [0, 0.05) is 6.54 Å². The number of allylic oxidation sites excluding steroid dienone is 2. The number of amides is 3. The van der Waals surface area contributed by atoms with Crippen LogP contribution in [0.5, 0.6) is 11.5 Å². The van der Waals surface area contributed by atoms with Gasteiger partial charge in [0.2, 0.25) is 17.7 Å². The first kappa shape index (κ1) is 19.8. The van der Waals surface area contributed by atoms with Gasteiger partial charge in [-0.3, -0.25) is 19.3 Å². The third kappa shape index (κ3) is 4.13. The number of ether oxygens (including phenoxy) is 2. The van der Waals surface area contributed by atoms with Gasteiger partial charge < -0.3 is 14.8 Å². The van der Waals surface area contributed by atoms with Gasteiger partial charge in [0.1, 0.15) is 6.54 Å². The summed E-state index contributed by atoms with van der Waals surface area (Å²) in [4.78, 5) is 38.0. The first-order valence-electron chi connectivity index (χ1n) is 8.79. The van der Waals surface area contributed by atoms with Crippen molar-refractivity contribution in [3.63, 3.8) is 0 Å². The molecule has 1 heterocycles. The van der Waals surface area contributed by atoms with Crippen LogP contribution in [0.1, 0.15) is 18.4 Å². The highest BCUT2D eigenvalue weighted by molar-refractivity contribution is 6.07. The van der Waals surface area contributed by atoms with Crippen molar-refractivity contribution in [1.29, 1.82) is 0 Å². The van der Waals surface area contributed by atoms with E-state index in [0.29, 0.717) is 18.4 Å². The lowest BCUT2D eigenvalue weighted by Crippen LogP contribution is -2.40. The molecule has 9 heteroatoms. The Labute approximate surface area is 160 Å². The van der Waals surface area contributed by atoms with Gasteiger partial charge in [-0.1, -0.05) is 18.2 Å². The summed E-state index contributed by atoms with van der Waals surface area (Å²) in [5.41, 5.74) is 0.587. The van der Waals surface area contributed by atoms with Gasteiger partial charge in [-0.15, -0.1) is 0 Å². The zero-order valence-electron chi connectivity index (χ0n) is 15.2. The summed E-state index contributed by atoms with van der Waals surface area (Å²) in [5, 5.41) is 2.61. The van der Waals surface area contributed by atoms with E-state index in [0.717, 1.165) is 4.90 Å². The molecule has 0 aromatic heterocycles. The molecule has 1 aliphatic carbocycles. The molecule has 1 aromatic carbocycles. The largest absolute Gasteiger partial charge is 0.493 e. The Bertz CT molecular complexity index is 786. The third-order valence-electron chi connectivity index (χ3n) is 4.83. The van der Waals surface area contributed by atoms with Crippen LogP contribution < -0.4 is 14.8 Å². The highest BCUT2D eigenvalue weighted by atomic mass is 19.3. The van der Waals surface area contributed by atoms with Gasteiger partial charge in [0.25, 0.3) is 0 Å². The van der Waals surface area contributed by atoms with E-state index in [9.17, 15) is 23.2 Å². The minimum atomic E-state index is -2.98. The number of likely N-dealkylation sites (tertiary alicyclic amines) is 1. The molecule has 150 valence electrons. The van der Waals surface area contributed by atoms with E-state index in [-0.39, 0.29) is 48.2 Å². The number of hydrogen-bond donors (Lipinski definition) is 1. The SMILES string of the molecule is COc1cc(CNC(=O)CN2C(=O)[C@H]3CC=CC[C@H]3C2=O)ccc1OC(F)F. The fourth-order valence-corrected chi connectivity index (χ4v) is 3.44. The Hall–Kier alpha value is -2.97. The average Bonchev–Trinajstić information content (AvgIpc) is 2.92. The maximum atomic E-state index is 12.4. The number of alkyl halides is 2. The average molecular weight is 394 g/mol. The predicted octanol–water partition coefficient (Wildman–Crippen LogP) is 1.86. The molecule has 28 heavy (non-hydrogen) atoms. The summed E-state index contributed by atoms with van der Waals surface area (Å²) in [6, 6.07) is 4.29. The van der Waals surface area contributed by atoms with E-state index >= 15 is 0 Å². The van der Waals surface area contributed by atoms with Gasteiger partial charge in [-0.25, -0.2) is 0 Å². The second-order valence-corrected chi connectivity index (χ2v) is 6.56. The number of carbonyl (C=O) groups is 3. The van der Waals surface area contributed by atoms with Gasteiger partial charge in [0.05, 0.1) is 18.9 Å². The monoisotopic (exact) mass is 394 g/mol. The molecule has 0 bridgehead atoms. The fourth-order valence-electron chi connectivity index (χ4n) is 3.44. The van der Waals surface area contributed by atoms with Crippen LogP contribution in [0.2, 0.25) is 0 Å². The van der Waals surface area contributed by atoms with E-state index in [1.165, 1.54) is 25.3 Å². The highest BCUT2D eigenvalue weighted by Gasteiger charge is 2.47. The molecule has 1 N–H and O–H groups in total. The molecule has 0 saturated carbocycles. The van der Waals surface area contributed by atoms with E-state index in [1.54, 1.807) is 0 Å². The molecule has 1 fully saturated rings. The zero-order valence-corrected chi connectivity index (χ0v) is 15.2. The summed E-state index contributed by atoms with van der Waals surface area (Å²) in [6.45, 7) is -3.24. The number of benzene rings is 1. The molecule has 0 spiro atoms. The third-order valence-corrected chi connectivity index (χ3v) is 4.83. The normalized spacial score (nSPS) is 21.1. The van der Waals surface area contributed by atoms with E-state index in [1.807, 2.05) is 12.2 Å². The fraction of sp³-hybridized carbons (Fsp3) is 0.421. The summed E-state index contributed by atoms with van der Waals surface area (Å²) < 4.78 is 34.1. The van der Waals surface area contributed by atoms with Crippen LogP contribution in [0, 0.1) is 11.8 Å². The molecular formula is C19H20F2N2O5. The number of halogens is 2. The Morgan fingerprint density at radius 2 is 1.82 bits per heavy atom. The zero-order chi connectivity index (χ0) is 20.3. The molecule has 2 atom stereocenters. The van der Waals surface area contributed by atoms with Crippen molar-refractivity contribution >= 4 is 17.7 Å². The van der Waals surface area contributed by atoms with Gasteiger partial charge >= 0.3 is 6.61 Å². The van der Waals surface area contributed by atoms with Gasteiger partial charge in [-0.05, 0) is 30.5 Å². The van der Waals surface area contributed by atoms with E-state index < -0.39 is 12.5 Å². The van der Waals surface area contributed by atoms with Gasteiger partial charge in [-0.2, -0.15) is 8.78 Å². The molecule has 1 aliphatic heterocycles. The van der Waals surface area contributed by atoms with Gasteiger partial charge in [0.15, 0.2) is 11.5 Å². The number of rotatable bonds is 7. The van der Waals surface area contributed by atoms with Crippen LogP contribution in [0.4, 0.5) is 8.78 Å². The maximum absolute atomic E-state index is 12.4. The standard InChI is InChI=1S/C19H20F2N2O5/c1-27-15-8-11(6-7-14(15)28-19(20)21)9-22-16(24)10-23-17(25)12-4-2-3-5-13(12)18(23)26/h2-3,6-8,12-13,19H,4-5,9-10H2,1H3,(H,22,24)/t12-,13+. The van der Waals surface area contributed by atoms with Crippen molar-refractivity contribution in [3.8, 4) is 11.5 Å². The summed E-state index contributed by atoms with van der Waals surface area (Å²) in [7, 11) is 1.31. The molecule has 3 amide bonds. The van der Waals surface area contributed by atoms with Crippen LogP contribution in [0.3, 0.4) is 0 Å². The first-order chi connectivity index (χ1) is 13.4. The van der Waals surface area contributed by atoms with Crippen LogP contribution in [-0.4, -0.2) is 42.9 Å². The molecule has 3 rings (SSSR count). The summed E-state index contributed by atoms with van der Waals surface area (Å²) in [5.74, 6) is -1.88. The molecular weight excluding hydrogens is 374 g/mol. The molecule has 1 saturated heterocycles. The van der Waals surface area contributed by atoms with Crippen molar-refractivity contribution < 1.29 is 32.6 Å². The second-order valence-electron chi connectivity index (χ2n) is 6.56. The quantitative estimate of drug-likeness (QED) is 0.564. The molecule has 2 aliphatic rings. The van der Waals surface area contributed by atoms with Crippen LogP contribution in [-0.2, 0) is 20.9 Å². The van der Waals surface area contributed by atoms with Crippen molar-refractivity contribution in [1.82, 2.24) is 10.2 Å². The lowest BCUT2D eigenvalue weighted by molar-refractivity contribution is -0.143. The smallest absolute Gasteiger partial charge is 0.387 e. The number of carbonyl (C=O) groups excluding carboxylic acids is 3. The van der Waals surface area contributed by atoms with Crippen molar-refractivity contribution in [2.24, 2.45) is 11.8 Å². The van der Waals surface area contributed by atoms with Crippen molar-refractivity contribution in [2.75, 3.05) is 13.7 Å². The molecule has 0 unspecified atom stereocenters. The Kier molecular flexibility index (Phi) is 5.91. The topological polar surface area (TPSA) is 84.9 Å². The van der Waals surface area contributed by atoms with Crippen molar-refractivity contribution in [2.45, 2.75) is 26.0 Å². The first-order valence-corrected chi connectivity index (χ1v) is 8.79.